The zero-order valence-electron chi connectivity index (χ0n) is 15.5. The second-order valence-electron chi connectivity index (χ2n) is 5.97. The van der Waals surface area contributed by atoms with Gasteiger partial charge in [-0.3, -0.25) is 19.3 Å². The molecule has 7 nitrogen and oxygen atoms in total. The number of imide groups is 1. The predicted octanol–water partition coefficient (Wildman–Crippen LogP) is 3.98. The quantitative estimate of drug-likeness (QED) is 0.544. The first-order chi connectivity index (χ1) is 13.8. The molecule has 0 unspecified atom stereocenters. The van der Waals surface area contributed by atoms with E-state index in [1.807, 2.05) is 0 Å². The van der Waals surface area contributed by atoms with Crippen LogP contribution in [0.5, 0.6) is 17.2 Å². The molecular formula is C20H16ClNO6S. The summed E-state index contributed by atoms with van der Waals surface area (Å²) in [4.78, 5) is 38.4. The molecule has 0 radical (unpaired) electrons. The van der Waals surface area contributed by atoms with Crippen LogP contribution in [-0.4, -0.2) is 47.7 Å². The average Bonchev–Trinajstić information content (AvgIpc) is 2.96. The Morgan fingerprint density at radius 1 is 1.14 bits per heavy atom. The number of amides is 2. The molecule has 29 heavy (non-hydrogen) atoms. The van der Waals surface area contributed by atoms with E-state index in [1.165, 1.54) is 44.6 Å². The van der Waals surface area contributed by atoms with Crippen molar-refractivity contribution in [3.8, 4) is 17.2 Å². The Kier molecular flexibility index (Phi) is 6.14. The normalized spacial score (nSPS) is 15.1. The summed E-state index contributed by atoms with van der Waals surface area (Å²) in [7, 11) is 2.77. The lowest BCUT2D eigenvalue weighted by molar-refractivity contribution is -0.122. The second-order valence-corrected chi connectivity index (χ2v) is 7.40. The molecular weight excluding hydrogens is 418 g/mol. The molecule has 1 aliphatic rings. The van der Waals surface area contributed by atoms with E-state index in [1.54, 1.807) is 12.1 Å². The molecule has 0 spiro atoms. The molecule has 3 rings (SSSR count). The number of phenols is 1. The summed E-state index contributed by atoms with van der Waals surface area (Å²) in [6, 6.07) is 9.21. The molecule has 9 heteroatoms. The molecule has 1 N–H and O–H groups in total. The maximum atomic E-state index is 12.6. The van der Waals surface area contributed by atoms with Crippen LogP contribution in [0.3, 0.4) is 0 Å². The fourth-order valence-corrected chi connectivity index (χ4v) is 3.62. The van der Waals surface area contributed by atoms with Gasteiger partial charge in [-0.2, -0.15) is 0 Å². The Morgan fingerprint density at radius 2 is 1.72 bits per heavy atom. The predicted molar refractivity (Wildman–Crippen MR) is 110 cm³/mol. The number of halogens is 1. The molecule has 2 amide bonds. The molecule has 1 aliphatic heterocycles. The summed E-state index contributed by atoms with van der Waals surface area (Å²) in [6.45, 7) is -0.369. The summed E-state index contributed by atoms with van der Waals surface area (Å²) >= 11 is 6.54. The Morgan fingerprint density at radius 3 is 2.28 bits per heavy atom. The summed E-state index contributed by atoms with van der Waals surface area (Å²) < 4.78 is 10.2. The van der Waals surface area contributed by atoms with Crippen molar-refractivity contribution in [3.63, 3.8) is 0 Å². The number of hydrogen-bond acceptors (Lipinski definition) is 7. The van der Waals surface area contributed by atoms with Crippen LogP contribution in [0.2, 0.25) is 5.02 Å². The van der Waals surface area contributed by atoms with E-state index >= 15 is 0 Å². The number of carbonyl (C=O) groups excluding carboxylic acids is 3. The zero-order valence-corrected chi connectivity index (χ0v) is 17.0. The van der Waals surface area contributed by atoms with Crippen molar-refractivity contribution in [2.45, 2.75) is 0 Å². The van der Waals surface area contributed by atoms with Gasteiger partial charge in [-0.05, 0) is 59.8 Å². The largest absolute Gasteiger partial charge is 0.502 e. The van der Waals surface area contributed by atoms with Gasteiger partial charge in [0.25, 0.3) is 11.1 Å². The van der Waals surface area contributed by atoms with Gasteiger partial charge in [0, 0.05) is 10.6 Å². The van der Waals surface area contributed by atoms with Gasteiger partial charge in [-0.15, -0.1) is 0 Å². The number of nitrogens with zero attached hydrogens (tertiary/aromatic N) is 1. The molecule has 2 aromatic carbocycles. The van der Waals surface area contributed by atoms with Gasteiger partial charge >= 0.3 is 0 Å². The third-order valence-electron chi connectivity index (χ3n) is 4.14. The fourth-order valence-electron chi connectivity index (χ4n) is 2.66. The molecule has 1 fully saturated rings. The van der Waals surface area contributed by atoms with E-state index in [2.05, 4.69) is 0 Å². The van der Waals surface area contributed by atoms with Gasteiger partial charge < -0.3 is 14.6 Å². The van der Waals surface area contributed by atoms with Crippen molar-refractivity contribution in [3.05, 3.63) is 57.5 Å². The van der Waals surface area contributed by atoms with Crippen molar-refractivity contribution in [1.29, 1.82) is 0 Å². The van der Waals surface area contributed by atoms with Crippen LogP contribution in [0.15, 0.2) is 41.3 Å². The lowest BCUT2D eigenvalue weighted by Gasteiger charge is -2.11. The van der Waals surface area contributed by atoms with Gasteiger partial charge in [0.15, 0.2) is 17.3 Å². The molecule has 1 saturated heterocycles. The number of rotatable bonds is 6. The van der Waals surface area contributed by atoms with Crippen LogP contribution >= 0.6 is 23.4 Å². The van der Waals surface area contributed by atoms with E-state index in [4.69, 9.17) is 21.1 Å². The van der Waals surface area contributed by atoms with E-state index in [-0.39, 0.29) is 34.5 Å². The number of hydrogen-bond donors (Lipinski definition) is 1. The van der Waals surface area contributed by atoms with Gasteiger partial charge in [0.05, 0.1) is 25.7 Å². The summed E-state index contributed by atoms with van der Waals surface area (Å²) in [5, 5.41) is 9.93. The first-order valence-electron chi connectivity index (χ1n) is 8.33. The highest BCUT2D eigenvalue weighted by Gasteiger charge is 2.36. The van der Waals surface area contributed by atoms with Crippen LogP contribution < -0.4 is 9.47 Å². The van der Waals surface area contributed by atoms with Crippen LogP contribution in [0.25, 0.3) is 6.08 Å². The lowest BCUT2D eigenvalue weighted by Crippen LogP contribution is -2.33. The van der Waals surface area contributed by atoms with Crippen LogP contribution in [0, 0.1) is 0 Å². The monoisotopic (exact) mass is 433 g/mol. The van der Waals surface area contributed by atoms with E-state index in [0.29, 0.717) is 16.1 Å². The van der Waals surface area contributed by atoms with Crippen LogP contribution in [0.1, 0.15) is 15.9 Å². The topological polar surface area (TPSA) is 93.1 Å². The summed E-state index contributed by atoms with van der Waals surface area (Å²) in [5.41, 5.74) is 0.844. The van der Waals surface area contributed by atoms with Gasteiger partial charge in [-0.25, -0.2) is 0 Å². The minimum atomic E-state index is -0.576. The fraction of sp³-hybridized carbons (Fsp3) is 0.150. The Bertz CT molecular complexity index is 993. The maximum absolute atomic E-state index is 12.6. The first kappa shape index (κ1) is 20.8. The van der Waals surface area contributed by atoms with Crippen molar-refractivity contribution in [1.82, 2.24) is 4.90 Å². The van der Waals surface area contributed by atoms with Gasteiger partial charge in [0.2, 0.25) is 5.75 Å². The first-order valence-corrected chi connectivity index (χ1v) is 9.52. The third kappa shape index (κ3) is 4.38. The number of methoxy groups -OCH3 is 2. The Balaban J connectivity index is 1.83. The highest BCUT2D eigenvalue weighted by Crippen LogP contribution is 2.39. The highest BCUT2D eigenvalue weighted by atomic mass is 35.5. The maximum Gasteiger partial charge on any atom is 0.293 e. The number of phenolic OH excluding ortho intramolecular Hbond substituents is 1. The third-order valence-corrected chi connectivity index (χ3v) is 5.30. The van der Waals surface area contributed by atoms with Gasteiger partial charge in [-0.1, -0.05) is 11.6 Å². The van der Waals surface area contributed by atoms with E-state index in [9.17, 15) is 19.5 Å². The molecule has 0 aromatic heterocycles. The molecule has 1 heterocycles. The molecule has 0 bridgehead atoms. The summed E-state index contributed by atoms with van der Waals surface area (Å²) in [6.07, 6.45) is 1.47. The smallest absolute Gasteiger partial charge is 0.293 e. The number of ether oxygens (including phenoxy) is 2. The molecule has 0 aliphatic carbocycles. The Hall–Kier alpha value is -2.97. The Labute approximate surface area is 175 Å². The number of benzene rings is 2. The minimum Gasteiger partial charge on any atom is -0.502 e. The van der Waals surface area contributed by atoms with E-state index < -0.39 is 11.1 Å². The number of Topliss-reactive ketones (excluding diaryl/α,β-unsaturated/α-hetero) is 1. The standard InChI is InChI=1S/C20H16ClNO6S/c1-27-15-7-11(8-16(28-2)18(15)24)9-17-19(25)22(20(26)29-17)10-14(23)12-3-5-13(21)6-4-12/h3-9,24H,10H2,1-2H3/b17-9+. The van der Waals surface area contributed by atoms with Crippen molar-refractivity contribution in [2.24, 2.45) is 0 Å². The number of ketones is 1. The summed E-state index contributed by atoms with van der Waals surface area (Å²) in [5.74, 6) is -0.805. The number of carbonyl (C=O) groups is 3. The van der Waals surface area contributed by atoms with Gasteiger partial charge in [0.1, 0.15) is 0 Å². The second kappa shape index (κ2) is 8.59. The van der Waals surface area contributed by atoms with Crippen LogP contribution in [0.4, 0.5) is 4.79 Å². The number of thioether (sulfide) groups is 1. The van der Waals surface area contributed by atoms with Crippen molar-refractivity contribution < 1.29 is 29.0 Å². The molecule has 0 atom stereocenters. The van der Waals surface area contributed by atoms with Crippen molar-refractivity contribution in [2.75, 3.05) is 20.8 Å². The molecule has 150 valence electrons. The molecule has 0 saturated carbocycles. The molecule has 2 aromatic rings. The average molecular weight is 434 g/mol. The van der Waals surface area contributed by atoms with E-state index in [0.717, 1.165) is 16.7 Å². The minimum absolute atomic E-state index is 0.147. The zero-order chi connectivity index (χ0) is 21.1. The van der Waals surface area contributed by atoms with Crippen LogP contribution in [-0.2, 0) is 4.79 Å². The highest BCUT2D eigenvalue weighted by molar-refractivity contribution is 8.18. The lowest BCUT2D eigenvalue weighted by atomic mass is 10.1. The SMILES string of the molecule is COc1cc(/C=C2/SC(=O)N(CC(=O)c3ccc(Cl)cc3)C2=O)cc(OC)c1O. The van der Waals surface area contributed by atoms with Crippen molar-refractivity contribution >= 4 is 46.4 Å². The number of aromatic hydroxyl groups is 1.